The Balaban J connectivity index is 1.77. The molecule has 0 spiro atoms. The van der Waals surface area contributed by atoms with Gasteiger partial charge in [-0.2, -0.15) is 0 Å². The van der Waals surface area contributed by atoms with Crippen LogP contribution in [0.5, 0.6) is 0 Å². The number of hydrogen-bond donors (Lipinski definition) is 0. The number of epoxide rings is 1. The molecule has 1 aliphatic rings. The Morgan fingerprint density at radius 2 is 1.38 bits per heavy atom. The van der Waals surface area contributed by atoms with E-state index in [-0.39, 0.29) is 0 Å². The van der Waals surface area contributed by atoms with E-state index in [2.05, 4.69) is 38.2 Å². The molecular weight excluding hydrogens is 256 g/mol. The van der Waals surface area contributed by atoms with Crippen LogP contribution >= 0.6 is 0 Å². The zero-order chi connectivity index (χ0) is 15.2. The molecule has 0 aromatic carbocycles. The van der Waals surface area contributed by atoms with Crippen molar-refractivity contribution in [3.8, 4) is 0 Å². The smallest absolute Gasteiger partial charge is 0.0876 e. The molecule has 1 heteroatoms. The maximum Gasteiger partial charge on any atom is 0.0876 e. The molecule has 0 amide bonds. The first-order chi connectivity index (χ1) is 10.4. The Hall–Kier alpha value is -0.560. The van der Waals surface area contributed by atoms with Crippen molar-refractivity contribution < 1.29 is 4.74 Å². The lowest BCUT2D eigenvalue weighted by Gasteiger charge is -1.99. The summed E-state index contributed by atoms with van der Waals surface area (Å²) in [6, 6.07) is 0. The van der Waals surface area contributed by atoms with Gasteiger partial charge in [-0.3, -0.25) is 0 Å². The maximum absolute atomic E-state index is 5.51. The first kappa shape index (κ1) is 18.5. The second-order valence-corrected chi connectivity index (χ2v) is 6.30. The molecule has 1 rings (SSSR count). The van der Waals surface area contributed by atoms with Crippen LogP contribution in [0.2, 0.25) is 0 Å². The molecule has 122 valence electrons. The van der Waals surface area contributed by atoms with E-state index < -0.39 is 0 Å². The summed E-state index contributed by atoms with van der Waals surface area (Å²) in [5.41, 5.74) is 0. The van der Waals surface area contributed by atoms with Gasteiger partial charge in [-0.25, -0.2) is 0 Å². The lowest BCUT2D eigenvalue weighted by molar-refractivity contribution is 0.367. The summed E-state index contributed by atoms with van der Waals surface area (Å²) in [4.78, 5) is 0. The summed E-state index contributed by atoms with van der Waals surface area (Å²) < 4.78 is 5.51. The van der Waals surface area contributed by atoms with Gasteiger partial charge in [0.15, 0.2) is 0 Å². The van der Waals surface area contributed by atoms with Crippen LogP contribution in [0.1, 0.15) is 90.9 Å². The quantitative estimate of drug-likeness (QED) is 0.200. The van der Waals surface area contributed by atoms with Crippen molar-refractivity contribution >= 4 is 0 Å². The molecule has 2 atom stereocenters. The highest BCUT2D eigenvalue weighted by atomic mass is 16.6. The van der Waals surface area contributed by atoms with E-state index in [1.807, 2.05) is 0 Å². The molecule has 1 fully saturated rings. The van der Waals surface area contributed by atoms with Crippen molar-refractivity contribution in [2.75, 3.05) is 0 Å². The van der Waals surface area contributed by atoms with Gasteiger partial charge in [0, 0.05) is 0 Å². The highest BCUT2D eigenvalue weighted by molar-refractivity contribution is 4.97. The number of ether oxygens (including phenoxy) is 1. The molecule has 2 unspecified atom stereocenters. The van der Waals surface area contributed by atoms with Gasteiger partial charge in [-0.15, -0.1) is 0 Å². The Morgan fingerprint density at radius 1 is 0.714 bits per heavy atom. The van der Waals surface area contributed by atoms with Gasteiger partial charge >= 0.3 is 0 Å². The Labute approximate surface area is 132 Å². The molecule has 1 nitrogen and oxygen atoms in total. The Kier molecular flexibility index (Phi) is 11.6. The van der Waals surface area contributed by atoms with E-state index in [4.69, 9.17) is 4.74 Å². The minimum Gasteiger partial charge on any atom is -0.369 e. The number of unbranched alkanes of at least 4 members (excludes halogenated alkanes) is 8. The third kappa shape index (κ3) is 10.8. The molecule has 0 aromatic rings. The molecule has 0 aromatic heterocycles. The highest BCUT2D eigenvalue weighted by Gasteiger charge is 2.35. The molecule has 0 bridgehead atoms. The maximum atomic E-state index is 5.51. The summed E-state index contributed by atoms with van der Waals surface area (Å²) in [6.07, 6.45) is 26.2. The monoisotopic (exact) mass is 292 g/mol. The third-order valence-electron chi connectivity index (χ3n) is 4.29. The minimum atomic E-state index is 0.521. The second-order valence-electron chi connectivity index (χ2n) is 6.30. The average Bonchev–Trinajstić information content (AvgIpc) is 3.26. The zero-order valence-electron chi connectivity index (χ0n) is 14.4. The van der Waals surface area contributed by atoms with Gasteiger partial charge < -0.3 is 4.74 Å². The van der Waals surface area contributed by atoms with E-state index in [9.17, 15) is 0 Å². The van der Waals surface area contributed by atoms with Gasteiger partial charge in [0.05, 0.1) is 12.2 Å². The van der Waals surface area contributed by atoms with Crippen LogP contribution < -0.4 is 0 Å². The number of allylic oxidation sites excluding steroid dienone is 3. The van der Waals surface area contributed by atoms with Gasteiger partial charge in [0.2, 0.25) is 0 Å². The van der Waals surface area contributed by atoms with Gasteiger partial charge in [0.1, 0.15) is 0 Å². The molecule has 0 N–H and O–H groups in total. The molecule has 1 aliphatic heterocycles. The van der Waals surface area contributed by atoms with Crippen molar-refractivity contribution in [3.63, 3.8) is 0 Å². The standard InChI is InChI=1S/C20H36O/c1-3-5-6-7-8-9-10-11-12-13-14-15-16-17-18-20-19(4-2)21-20/h13-14,16-17,19-20H,3-12,15,18H2,1-2H3. The van der Waals surface area contributed by atoms with Crippen molar-refractivity contribution in [1.29, 1.82) is 0 Å². The van der Waals surface area contributed by atoms with E-state index in [1.165, 1.54) is 57.8 Å². The van der Waals surface area contributed by atoms with Crippen molar-refractivity contribution in [2.45, 2.75) is 103 Å². The Bertz CT molecular complexity index is 280. The van der Waals surface area contributed by atoms with Crippen LogP contribution in [-0.4, -0.2) is 12.2 Å². The minimum absolute atomic E-state index is 0.521. The van der Waals surface area contributed by atoms with E-state index in [1.54, 1.807) is 0 Å². The predicted octanol–water partition coefficient (Wildman–Crippen LogP) is 6.59. The molecule has 0 saturated carbocycles. The summed E-state index contributed by atoms with van der Waals surface area (Å²) >= 11 is 0. The first-order valence-electron chi connectivity index (χ1n) is 9.34. The van der Waals surface area contributed by atoms with Crippen LogP contribution in [0, 0.1) is 0 Å². The Morgan fingerprint density at radius 3 is 2.05 bits per heavy atom. The average molecular weight is 293 g/mol. The molecule has 1 heterocycles. The SMILES string of the molecule is CCCCCCCCCCC=CCC=CCC1OC1CC. The van der Waals surface area contributed by atoms with Crippen LogP contribution in [0.25, 0.3) is 0 Å². The number of rotatable bonds is 14. The van der Waals surface area contributed by atoms with Crippen LogP contribution in [0.4, 0.5) is 0 Å². The van der Waals surface area contributed by atoms with Gasteiger partial charge in [-0.1, -0.05) is 83.1 Å². The summed E-state index contributed by atoms with van der Waals surface area (Å²) in [7, 11) is 0. The van der Waals surface area contributed by atoms with E-state index in [0.717, 1.165) is 19.3 Å². The van der Waals surface area contributed by atoms with Crippen LogP contribution in [0.3, 0.4) is 0 Å². The lowest BCUT2D eigenvalue weighted by Crippen LogP contribution is -1.88. The first-order valence-corrected chi connectivity index (χ1v) is 9.34. The molecule has 1 saturated heterocycles. The predicted molar refractivity (Wildman–Crippen MR) is 93.7 cm³/mol. The van der Waals surface area contributed by atoms with E-state index >= 15 is 0 Å². The molecule has 0 radical (unpaired) electrons. The van der Waals surface area contributed by atoms with Gasteiger partial charge in [0.25, 0.3) is 0 Å². The third-order valence-corrected chi connectivity index (χ3v) is 4.29. The molecular formula is C20H36O. The number of hydrogen-bond acceptors (Lipinski definition) is 1. The summed E-state index contributed by atoms with van der Waals surface area (Å²) in [5, 5.41) is 0. The fourth-order valence-corrected chi connectivity index (χ4v) is 2.76. The fraction of sp³-hybridized carbons (Fsp3) is 0.800. The second kappa shape index (κ2) is 13.1. The largest absolute Gasteiger partial charge is 0.369 e. The highest BCUT2D eigenvalue weighted by Crippen LogP contribution is 2.28. The fourth-order valence-electron chi connectivity index (χ4n) is 2.76. The molecule has 21 heavy (non-hydrogen) atoms. The molecule has 0 aliphatic carbocycles. The summed E-state index contributed by atoms with van der Waals surface area (Å²) in [5.74, 6) is 0. The zero-order valence-corrected chi connectivity index (χ0v) is 14.4. The van der Waals surface area contributed by atoms with Crippen LogP contribution in [-0.2, 0) is 4.74 Å². The van der Waals surface area contributed by atoms with E-state index in [0.29, 0.717) is 12.2 Å². The lowest BCUT2D eigenvalue weighted by atomic mass is 10.1. The van der Waals surface area contributed by atoms with Gasteiger partial charge in [-0.05, 0) is 32.1 Å². The van der Waals surface area contributed by atoms with Crippen molar-refractivity contribution in [1.82, 2.24) is 0 Å². The summed E-state index contributed by atoms with van der Waals surface area (Å²) in [6.45, 7) is 4.48. The van der Waals surface area contributed by atoms with Crippen LogP contribution in [0.15, 0.2) is 24.3 Å². The van der Waals surface area contributed by atoms with Crippen molar-refractivity contribution in [2.24, 2.45) is 0 Å². The topological polar surface area (TPSA) is 12.5 Å². The van der Waals surface area contributed by atoms with Crippen molar-refractivity contribution in [3.05, 3.63) is 24.3 Å². The normalized spacial score (nSPS) is 21.6.